The molecule has 0 saturated heterocycles. The summed E-state index contributed by atoms with van der Waals surface area (Å²) in [6.45, 7) is 9.14. The van der Waals surface area contributed by atoms with Crippen LogP contribution in [-0.2, 0) is 18.2 Å². The lowest BCUT2D eigenvalue weighted by atomic mass is 9.89. The fourth-order valence-electron chi connectivity index (χ4n) is 2.17. The summed E-state index contributed by atoms with van der Waals surface area (Å²) >= 11 is 6.31. The van der Waals surface area contributed by atoms with Crippen molar-refractivity contribution in [1.82, 2.24) is 15.1 Å². The topological polar surface area (TPSA) is 39.1 Å². The molecule has 1 aromatic heterocycles. The molecule has 1 aromatic rings. The fraction of sp³-hybridized carbons (Fsp3) is 0.786. The molecule has 1 N–H and O–H groups in total. The number of aryl methyl sites for hydroxylation is 2. The van der Waals surface area contributed by atoms with Gasteiger partial charge in [-0.1, -0.05) is 25.4 Å². The van der Waals surface area contributed by atoms with Crippen molar-refractivity contribution in [1.29, 1.82) is 0 Å². The summed E-state index contributed by atoms with van der Waals surface area (Å²) in [5.41, 5.74) is 2.21. The molecule has 0 radical (unpaired) electrons. The molecule has 110 valence electrons. The van der Waals surface area contributed by atoms with Crippen LogP contribution < -0.4 is 5.32 Å². The maximum absolute atomic E-state index is 6.31. The predicted octanol–water partition coefficient (Wildman–Crippen LogP) is 2.43. The quantitative estimate of drug-likeness (QED) is 0.747. The van der Waals surface area contributed by atoms with Crippen LogP contribution in [0.1, 0.15) is 25.1 Å². The number of nitrogens with one attached hydrogen (secondary N) is 1. The number of hydrogen-bond donors (Lipinski definition) is 1. The van der Waals surface area contributed by atoms with Crippen LogP contribution in [0.25, 0.3) is 0 Å². The molecule has 0 saturated carbocycles. The lowest BCUT2D eigenvalue weighted by Gasteiger charge is -2.21. The van der Waals surface area contributed by atoms with Crippen molar-refractivity contribution < 1.29 is 4.74 Å². The van der Waals surface area contributed by atoms with Gasteiger partial charge in [-0.2, -0.15) is 5.10 Å². The zero-order valence-corrected chi connectivity index (χ0v) is 13.4. The zero-order chi connectivity index (χ0) is 14.4. The molecule has 5 heteroatoms. The summed E-state index contributed by atoms with van der Waals surface area (Å²) in [5.74, 6) is 1.16. The van der Waals surface area contributed by atoms with Gasteiger partial charge in [0.15, 0.2) is 0 Å². The van der Waals surface area contributed by atoms with E-state index in [1.807, 2.05) is 14.0 Å². The molecule has 0 amide bonds. The van der Waals surface area contributed by atoms with E-state index in [1.54, 1.807) is 11.8 Å². The summed E-state index contributed by atoms with van der Waals surface area (Å²) in [4.78, 5) is 0. The Morgan fingerprint density at radius 2 is 2.11 bits per heavy atom. The molecule has 1 unspecified atom stereocenters. The van der Waals surface area contributed by atoms with Gasteiger partial charge in [-0.15, -0.1) is 0 Å². The van der Waals surface area contributed by atoms with Crippen LogP contribution in [0.3, 0.4) is 0 Å². The van der Waals surface area contributed by atoms with E-state index in [1.165, 1.54) is 5.56 Å². The van der Waals surface area contributed by atoms with E-state index in [4.69, 9.17) is 16.3 Å². The first kappa shape index (κ1) is 16.5. The Balaban J connectivity index is 2.62. The Labute approximate surface area is 121 Å². The van der Waals surface area contributed by atoms with E-state index < -0.39 is 0 Å². The van der Waals surface area contributed by atoms with Crippen LogP contribution in [0.2, 0.25) is 5.15 Å². The molecule has 0 fully saturated rings. The van der Waals surface area contributed by atoms with Gasteiger partial charge in [0.2, 0.25) is 0 Å². The number of rotatable bonds is 8. The maximum atomic E-state index is 6.31. The zero-order valence-electron chi connectivity index (χ0n) is 12.7. The first-order chi connectivity index (χ1) is 8.97. The Morgan fingerprint density at radius 3 is 2.58 bits per heavy atom. The van der Waals surface area contributed by atoms with Crippen molar-refractivity contribution in [3.8, 4) is 0 Å². The number of nitrogens with zero attached hydrogens (tertiary/aromatic N) is 2. The van der Waals surface area contributed by atoms with Gasteiger partial charge in [-0.05, 0) is 31.7 Å². The van der Waals surface area contributed by atoms with Crippen molar-refractivity contribution in [2.24, 2.45) is 18.9 Å². The van der Waals surface area contributed by atoms with Crippen LogP contribution in [0.15, 0.2) is 0 Å². The normalized spacial score (nSPS) is 13.2. The summed E-state index contributed by atoms with van der Waals surface area (Å²) in [7, 11) is 3.61. The van der Waals surface area contributed by atoms with Crippen LogP contribution in [0, 0.1) is 18.8 Å². The molecular weight excluding hydrogens is 262 g/mol. The monoisotopic (exact) mass is 287 g/mol. The average Bonchev–Trinajstić information content (AvgIpc) is 2.58. The molecule has 0 bridgehead atoms. The predicted molar refractivity (Wildman–Crippen MR) is 79.7 cm³/mol. The molecule has 1 heterocycles. The van der Waals surface area contributed by atoms with E-state index in [9.17, 15) is 0 Å². The standard InChI is InChI=1S/C14H26ClN3O/c1-10(2)12(9-16-6-7-19-5)8-13-11(3)17-18(4)14(13)15/h10,12,16H,6-9H2,1-5H3. The third-order valence-corrected chi connectivity index (χ3v) is 4.04. The van der Waals surface area contributed by atoms with Crippen molar-refractivity contribution in [2.45, 2.75) is 27.2 Å². The van der Waals surface area contributed by atoms with E-state index in [2.05, 4.69) is 24.3 Å². The molecule has 4 nitrogen and oxygen atoms in total. The van der Waals surface area contributed by atoms with E-state index >= 15 is 0 Å². The molecule has 19 heavy (non-hydrogen) atoms. The highest BCUT2D eigenvalue weighted by atomic mass is 35.5. The third-order valence-electron chi connectivity index (χ3n) is 3.57. The molecule has 1 atom stereocenters. The first-order valence-corrected chi connectivity index (χ1v) is 7.22. The fourth-order valence-corrected chi connectivity index (χ4v) is 2.42. The highest BCUT2D eigenvalue weighted by molar-refractivity contribution is 6.30. The van der Waals surface area contributed by atoms with Gasteiger partial charge in [-0.25, -0.2) is 0 Å². The lowest BCUT2D eigenvalue weighted by molar-refractivity contribution is 0.196. The van der Waals surface area contributed by atoms with E-state index in [0.717, 1.165) is 37.0 Å². The van der Waals surface area contributed by atoms with Gasteiger partial charge >= 0.3 is 0 Å². The van der Waals surface area contributed by atoms with Crippen molar-refractivity contribution >= 4 is 11.6 Å². The average molecular weight is 288 g/mol. The third kappa shape index (κ3) is 4.79. The SMILES string of the molecule is COCCNCC(Cc1c(C)nn(C)c1Cl)C(C)C. The van der Waals surface area contributed by atoms with Crippen molar-refractivity contribution in [3.05, 3.63) is 16.4 Å². The minimum absolute atomic E-state index is 0.553. The van der Waals surface area contributed by atoms with E-state index in [-0.39, 0.29) is 0 Å². The summed E-state index contributed by atoms with van der Waals surface area (Å²) in [6.07, 6.45) is 0.968. The van der Waals surface area contributed by atoms with Gasteiger partial charge < -0.3 is 10.1 Å². The van der Waals surface area contributed by atoms with Gasteiger partial charge in [0, 0.05) is 26.3 Å². The van der Waals surface area contributed by atoms with Gasteiger partial charge in [0.05, 0.1) is 12.3 Å². The lowest BCUT2D eigenvalue weighted by Crippen LogP contribution is -2.30. The highest BCUT2D eigenvalue weighted by Gasteiger charge is 2.19. The van der Waals surface area contributed by atoms with Crippen LogP contribution in [0.4, 0.5) is 0 Å². The molecule has 0 aliphatic rings. The minimum atomic E-state index is 0.553. The summed E-state index contributed by atoms with van der Waals surface area (Å²) in [6, 6.07) is 0. The van der Waals surface area contributed by atoms with Gasteiger partial charge in [0.25, 0.3) is 0 Å². The number of hydrogen-bond acceptors (Lipinski definition) is 3. The second-order valence-electron chi connectivity index (χ2n) is 5.38. The Bertz CT molecular complexity index is 390. The molecule has 1 rings (SSSR count). The maximum Gasteiger partial charge on any atom is 0.130 e. The highest BCUT2D eigenvalue weighted by Crippen LogP contribution is 2.25. The second kappa shape index (κ2) is 7.88. The second-order valence-corrected chi connectivity index (χ2v) is 5.74. The Kier molecular flexibility index (Phi) is 6.83. The van der Waals surface area contributed by atoms with Crippen molar-refractivity contribution in [3.63, 3.8) is 0 Å². The molecule has 0 spiro atoms. The summed E-state index contributed by atoms with van der Waals surface area (Å²) < 4.78 is 6.80. The Hall–Kier alpha value is -0.580. The van der Waals surface area contributed by atoms with Gasteiger partial charge in [-0.3, -0.25) is 4.68 Å². The summed E-state index contributed by atoms with van der Waals surface area (Å²) in [5, 5.41) is 8.58. The smallest absolute Gasteiger partial charge is 0.130 e. The van der Waals surface area contributed by atoms with Crippen LogP contribution in [0.5, 0.6) is 0 Å². The molecule has 0 aromatic carbocycles. The number of halogens is 1. The van der Waals surface area contributed by atoms with Crippen LogP contribution in [-0.4, -0.2) is 36.6 Å². The number of methoxy groups -OCH3 is 1. The largest absolute Gasteiger partial charge is 0.383 e. The van der Waals surface area contributed by atoms with Crippen LogP contribution >= 0.6 is 11.6 Å². The number of aromatic nitrogens is 2. The van der Waals surface area contributed by atoms with Crippen molar-refractivity contribution in [2.75, 3.05) is 26.8 Å². The molecule has 0 aliphatic heterocycles. The molecule has 0 aliphatic carbocycles. The van der Waals surface area contributed by atoms with Gasteiger partial charge in [0.1, 0.15) is 5.15 Å². The minimum Gasteiger partial charge on any atom is -0.383 e. The first-order valence-electron chi connectivity index (χ1n) is 6.85. The number of ether oxygens (including phenoxy) is 1. The van der Waals surface area contributed by atoms with E-state index in [0.29, 0.717) is 11.8 Å². The Morgan fingerprint density at radius 1 is 1.42 bits per heavy atom. The molecular formula is C14H26ClN3O.